The average Bonchev–Trinajstić information content (AvgIpc) is 3.24. The van der Waals surface area contributed by atoms with E-state index in [1.807, 2.05) is 34.9 Å². The minimum Gasteiger partial charge on any atom is -0.485 e. The van der Waals surface area contributed by atoms with Crippen molar-refractivity contribution in [2.45, 2.75) is 38.5 Å². The largest absolute Gasteiger partial charge is 0.485 e. The quantitative estimate of drug-likeness (QED) is 0.188. The first-order chi connectivity index (χ1) is 16.4. The van der Waals surface area contributed by atoms with Crippen molar-refractivity contribution in [2.75, 3.05) is 5.75 Å². The van der Waals surface area contributed by atoms with Gasteiger partial charge in [0.2, 0.25) is 0 Å². The molecule has 0 amide bonds. The van der Waals surface area contributed by atoms with Crippen LogP contribution in [0.4, 0.5) is 0 Å². The highest BCUT2D eigenvalue weighted by atomic mass is 35.5. The van der Waals surface area contributed by atoms with Crippen molar-refractivity contribution >= 4 is 29.1 Å². The number of para-hydroxylation sites is 1. The average molecular weight is 492 g/mol. The molecule has 0 aliphatic carbocycles. The standard InChI is InChI=1S/C27H26ClN3O2S/c1-18(2)23-14-9-19(3)15-25(23)33-16-26-29-30-27(31(26)22-7-5-4-6-8-22)34-17-24(32)20-10-12-21(28)13-11-20/h4-15,18H,16-17H2,1-3H3. The highest BCUT2D eigenvalue weighted by Crippen LogP contribution is 2.29. The minimum absolute atomic E-state index is 0.00316. The second-order valence-electron chi connectivity index (χ2n) is 8.27. The van der Waals surface area contributed by atoms with Gasteiger partial charge >= 0.3 is 0 Å². The molecule has 5 nitrogen and oxygen atoms in total. The van der Waals surface area contributed by atoms with Crippen molar-refractivity contribution < 1.29 is 9.53 Å². The lowest BCUT2D eigenvalue weighted by atomic mass is 10.0. The molecule has 7 heteroatoms. The van der Waals surface area contributed by atoms with E-state index in [0.29, 0.717) is 27.5 Å². The molecule has 4 rings (SSSR count). The Bertz CT molecular complexity index is 1270. The van der Waals surface area contributed by atoms with Gasteiger partial charge in [-0.15, -0.1) is 10.2 Å². The van der Waals surface area contributed by atoms with Crippen LogP contribution in [0.3, 0.4) is 0 Å². The monoisotopic (exact) mass is 491 g/mol. The second-order valence-corrected chi connectivity index (χ2v) is 9.65. The predicted octanol–water partition coefficient (Wildman–Crippen LogP) is 6.91. The van der Waals surface area contributed by atoms with Gasteiger partial charge in [-0.05, 0) is 66.4 Å². The normalized spacial score (nSPS) is 11.1. The number of hydrogen-bond acceptors (Lipinski definition) is 5. The predicted molar refractivity (Wildman–Crippen MR) is 137 cm³/mol. The maximum Gasteiger partial charge on any atom is 0.196 e. The Morgan fingerprint density at radius 2 is 1.76 bits per heavy atom. The van der Waals surface area contributed by atoms with Crippen LogP contribution in [0.15, 0.2) is 78.0 Å². The molecule has 1 aromatic heterocycles. The number of ketones is 1. The molecule has 0 spiro atoms. The summed E-state index contributed by atoms with van der Waals surface area (Å²) in [4.78, 5) is 12.7. The van der Waals surface area contributed by atoms with Gasteiger partial charge in [-0.2, -0.15) is 0 Å². The number of rotatable bonds is 9. The summed E-state index contributed by atoms with van der Waals surface area (Å²) in [5.41, 5.74) is 3.83. The molecule has 0 radical (unpaired) electrons. The summed E-state index contributed by atoms with van der Waals surface area (Å²) >= 11 is 7.29. The lowest BCUT2D eigenvalue weighted by Crippen LogP contribution is -2.09. The highest BCUT2D eigenvalue weighted by Gasteiger charge is 2.18. The maximum atomic E-state index is 12.7. The van der Waals surface area contributed by atoms with E-state index >= 15 is 0 Å². The molecule has 0 aliphatic rings. The summed E-state index contributed by atoms with van der Waals surface area (Å²) in [5, 5.41) is 10.0. The van der Waals surface area contributed by atoms with Crippen LogP contribution in [0.25, 0.3) is 5.69 Å². The van der Waals surface area contributed by atoms with E-state index in [4.69, 9.17) is 16.3 Å². The molecule has 0 aliphatic heterocycles. The molecule has 0 bridgehead atoms. The minimum atomic E-state index is 0.00316. The summed E-state index contributed by atoms with van der Waals surface area (Å²) in [6.45, 7) is 6.61. The maximum absolute atomic E-state index is 12.7. The zero-order valence-electron chi connectivity index (χ0n) is 19.4. The number of carbonyl (C=O) groups excluding carboxylic acids is 1. The van der Waals surface area contributed by atoms with Gasteiger partial charge in [-0.1, -0.05) is 67.5 Å². The van der Waals surface area contributed by atoms with E-state index in [0.717, 1.165) is 22.6 Å². The summed E-state index contributed by atoms with van der Waals surface area (Å²) in [6.07, 6.45) is 0. The van der Waals surface area contributed by atoms with E-state index in [1.165, 1.54) is 11.8 Å². The number of ether oxygens (including phenoxy) is 1. The third-order valence-corrected chi connectivity index (χ3v) is 6.54. The van der Waals surface area contributed by atoms with Gasteiger partial charge in [0, 0.05) is 16.3 Å². The van der Waals surface area contributed by atoms with E-state index < -0.39 is 0 Å². The zero-order chi connectivity index (χ0) is 24.1. The fourth-order valence-electron chi connectivity index (χ4n) is 3.56. The number of thioether (sulfide) groups is 1. The number of aromatic nitrogens is 3. The molecule has 4 aromatic rings. The highest BCUT2D eigenvalue weighted by molar-refractivity contribution is 7.99. The lowest BCUT2D eigenvalue weighted by molar-refractivity contribution is 0.102. The molecule has 0 N–H and O–H groups in total. The third-order valence-electron chi connectivity index (χ3n) is 5.36. The molecule has 1 heterocycles. The molecule has 34 heavy (non-hydrogen) atoms. The first-order valence-electron chi connectivity index (χ1n) is 11.1. The number of carbonyl (C=O) groups is 1. The molecule has 174 valence electrons. The number of benzene rings is 3. The van der Waals surface area contributed by atoms with Gasteiger partial charge in [-0.3, -0.25) is 9.36 Å². The fraction of sp³-hybridized carbons (Fsp3) is 0.222. The van der Waals surface area contributed by atoms with Gasteiger partial charge in [0.05, 0.1) is 5.75 Å². The Hall–Kier alpha value is -3.09. The molecule has 0 atom stereocenters. The first-order valence-corrected chi connectivity index (χ1v) is 12.4. The Morgan fingerprint density at radius 3 is 2.47 bits per heavy atom. The van der Waals surface area contributed by atoms with Crippen LogP contribution in [0.5, 0.6) is 5.75 Å². The van der Waals surface area contributed by atoms with Crippen molar-refractivity contribution in [3.8, 4) is 11.4 Å². The van der Waals surface area contributed by atoms with Crippen molar-refractivity contribution in [1.29, 1.82) is 0 Å². The van der Waals surface area contributed by atoms with Crippen LogP contribution in [0.1, 0.15) is 47.1 Å². The SMILES string of the molecule is Cc1ccc(C(C)C)c(OCc2nnc(SCC(=O)c3ccc(Cl)cc3)n2-c2ccccc2)c1. The topological polar surface area (TPSA) is 57.0 Å². The van der Waals surface area contributed by atoms with Crippen molar-refractivity contribution in [2.24, 2.45) is 0 Å². The van der Waals surface area contributed by atoms with Gasteiger partial charge in [-0.25, -0.2) is 0 Å². The molecule has 0 unspecified atom stereocenters. The van der Waals surface area contributed by atoms with E-state index in [1.54, 1.807) is 24.3 Å². The lowest BCUT2D eigenvalue weighted by Gasteiger charge is -2.15. The van der Waals surface area contributed by atoms with Crippen LogP contribution in [-0.4, -0.2) is 26.3 Å². The zero-order valence-corrected chi connectivity index (χ0v) is 20.9. The second kappa shape index (κ2) is 10.9. The summed E-state index contributed by atoms with van der Waals surface area (Å²) < 4.78 is 8.18. The Morgan fingerprint density at radius 1 is 1.03 bits per heavy atom. The van der Waals surface area contributed by atoms with Crippen molar-refractivity contribution in [3.05, 3.63) is 100 Å². The van der Waals surface area contributed by atoms with Crippen molar-refractivity contribution in [3.63, 3.8) is 0 Å². The molecule has 3 aromatic carbocycles. The number of halogens is 1. The van der Waals surface area contributed by atoms with Gasteiger partial charge in [0.25, 0.3) is 0 Å². The van der Waals surface area contributed by atoms with E-state index in [2.05, 4.69) is 49.2 Å². The molecule has 0 fully saturated rings. The third kappa shape index (κ3) is 5.69. The van der Waals surface area contributed by atoms with Crippen LogP contribution in [0.2, 0.25) is 5.02 Å². The number of aryl methyl sites for hydroxylation is 1. The molecule has 0 saturated carbocycles. The van der Waals surface area contributed by atoms with Crippen LogP contribution >= 0.6 is 23.4 Å². The van der Waals surface area contributed by atoms with Gasteiger partial charge < -0.3 is 4.74 Å². The number of Topliss-reactive ketones (excluding diaryl/α,β-unsaturated/α-hetero) is 1. The van der Waals surface area contributed by atoms with Gasteiger partial charge in [0.15, 0.2) is 16.8 Å². The Kier molecular flexibility index (Phi) is 7.70. The Labute approximate surface area is 209 Å². The van der Waals surface area contributed by atoms with E-state index in [-0.39, 0.29) is 18.1 Å². The van der Waals surface area contributed by atoms with E-state index in [9.17, 15) is 4.79 Å². The Balaban J connectivity index is 1.57. The van der Waals surface area contributed by atoms with Crippen LogP contribution in [0, 0.1) is 6.92 Å². The first kappa shape index (κ1) is 24.0. The van der Waals surface area contributed by atoms with Crippen molar-refractivity contribution in [1.82, 2.24) is 14.8 Å². The summed E-state index contributed by atoms with van der Waals surface area (Å²) in [5.74, 6) is 2.10. The molecular weight excluding hydrogens is 466 g/mol. The molecular formula is C27H26ClN3O2S. The summed E-state index contributed by atoms with van der Waals surface area (Å²) in [6, 6.07) is 23.0. The van der Waals surface area contributed by atoms with Crippen LogP contribution < -0.4 is 4.74 Å². The number of nitrogens with zero attached hydrogens (tertiary/aromatic N) is 3. The smallest absolute Gasteiger partial charge is 0.196 e. The van der Waals surface area contributed by atoms with Gasteiger partial charge in [0.1, 0.15) is 12.4 Å². The molecule has 0 saturated heterocycles. The number of hydrogen-bond donors (Lipinski definition) is 0. The fourth-order valence-corrected chi connectivity index (χ4v) is 4.55. The van der Waals surface area contributed by atoms with Crippen LogP contribution in [-0.2, 0) is 6.61 Å². The summed E-state index contributed by atoms with van der Waals surface area (Å²) in [7, 11) is 0.